The van der Waals surface area contributed by atoms with Gasteiger partial charge in [-0.05, 0) is 43.2 Å². The summed E-state index contributed by atoms with van der Waals surface area (Å²) in [6, 6.07) is 1.68. The minimum absolute atomic E-state index is 0.124. The Morgan fingerprint density at radius 3 is 2.00 bits per heavy atom. The molecule has 0 saturated carbocycles. The first-order chi connectivity index (χ1) is 6.91. The van der Waals surface area contributed by atoms with E-state index in [4.69, 9.17) is 0 Å². The molecule has 0 N–H and O–H groups in total. The van der Waals surface area contributed by atoms with Gasteiger partial charge in [0.1, 0.15) is 0 Å². The quantitative estimate of drug-likeness (QED) is 0.546. The predicted molar refractivity (Wildman–Crippen MR) is 50.6 cm³/mol. The van der Waals surface area contributed by atoms with E-state index < -0.39 is 17.5 Å². The second-order valence-electron chi connectivity index (χ2n) is 3.18. The molecule has 0 atom stereocenters. The minimum Gasteiger partial charge on any atom is -0.295 e. The van der Waals surface area contributed by atoms with Crippen LogP contribution in [0.2, 0.25) is 0 Å². The zero-order chi connectivity index (χ0) is 11.6. The third-order valence-electron chi connectivity index (χ3n) is 1.94. The standard InChI is InChI=1S/C11H9F3O/c1-6(7(2)15)3-8-4-9(12)11(14)10(13)5-8/h3-5H,1-2H3/b6-3+. The molecule has 0 heterocycles. The van der Waals surface area contributed by atoms with E-state index >= 15 is 0 Å². The lowest BCUT2D eigenvalue weighted by Gasteiger charge is -1.99. The fraction of sp³-hybridized carbons (Fsp3) is 0.182. The van der Waals surface area contributed by atoms with E-state index in [-0.39, 0.29) is 11.3 Å². The van der Waals surface area contributed by atoms with Crippen molar-refractivity contribution in [3.05, 3.63) is 40.7 Å². The number of allylic oxidation sites excluding steroid dienone is 1. The molecule has 15 heavy (non-hydrogen) atoms. The molecular formula is C11H9F3O. The summed E-state index contributed by atoms with van der Waals surface area (Å²) < 4.78 is 38.1. The summed E-state index contributed by atoms with van der Waals surface area (Å²) in [6.07, 6.45) is 1.30. The lowest BCUT2D eigenvalue weighted by atomic mass is 10.1. The highest BCUT2D eigenvalue weighted by atomic mass is 19.2. The maximum absolute atomic E-state index is 12.8. The van der Waals surface area contributed by atoms with Crippen molar-refractivity contribution < 1.29 is 18.0 Å². The van der Waals surface area contributed by atoms with Gasteiger partial charge in [-0.1, -0.05) is 0 Å². The molecule has 0 radical (unpaired) electrons. The van der Waals surface area contributed by atoms with Gasteiger partial charge in [0.25, 0.3) is 0 Å². The number of halogens is 3. The van der Waals surface area contributed by atoms with Crippen LogP contribution in [0.3, 0.4) is 0 Å². The molecule has 0 amide bonds. The van der Waals surface area contributed by atoms with Crippen LogP contribution in [0.25, 0.3) is 6.08 Å². The summed E-state index contributed by atoms with van der Waals surface area (Å²) in [6.45, 7) is 2.85. The Kier molecular flexibility index (Phi) is 3.29. The largest absolute Gasteiger partial charge is 0.295 e. The second-order valence-corrected chi connectivity index (χ2v) is 3.18. The maximum atomic E-state index is 12.8. The van der Waals surface area contributed by atoms with Crippen molar-refractivity contribution in [2.45, 2.75) is 13.8 Å². The van der Waals surface area contributed by atoms with Gasteiger partial charge in [-0.2, -0.15) is 0 Å². The summed E-state index contributed by atoms with van der Waals surface area (Å²) in [5.74, 6) is -4.25. The fourth-order valence-electron chi connectivity index (χ4n) is 1.01. The van der Waals surface area contributed by atoms with Gasteiger partial charge in [0.05, 0.1) is 0 Å². The van der Waals surface area contributed by atoms with E-state index in [0.29, 0.717) is 5.57 Å². The van der Waals surface area contributed by atoms with Gasteiger partial charge in [-0.15, -0.1) is 0 Å². The molecule has 80 valence electrons. The highest BCUT2D eigenvalue weighted by molar-refractivity contribution is 5.97. The predicted octanol–water partition coefficient (Wildman–Crippen LogP) is 3.10. The molecule has 0 aromatic heterocycles. The molecule has 0 aliphatic carbocycles. The molecule has 0 aliphatic heterocycles. The molecule has 0 bridgehead atoms. The second kappa shape index (κ2) is 4.29. The topological polar surface area (TPSA) is 17.1 Å². The van der Waals surface area contributed by atoms with Crippen molar-refractivity contribution in [3.8, 4) is 0 Å². The average molecular weight is 214 g/mol. The minimum atomic E-state index is -1.51. The smallest absolute Gasteiger partial charge is 0.194 e. The molecule has 1 aromatic carbocycles. The number of ketones is 1. The van der Waals surface area contributed by atoms with E-state index in [9.17, 15) is 18.0 Å². The Hall–Kier alpha value is -1.58. The van der Waals surface area contributed by atoms with Gasteiger partial charge in [-0.25, -0.2) is 13.2 Å². The Labute approximate surface area is 85.2 Å². The van der Waals surface area contributed by atoms with Gasteiger partial charge < -0.3 is 0 Å². The number of carbonyl (C=O) groups is 1. The summed E-state index contributed by atoms with van der Waals surface area (Å²) in [5.41, 5.74) is 0.472. The number of hydrogen-bond acceptors (Lipinski definition) is 1. The summed E-state index contributed by atoms with van der Waals surface area (Å²) in [5, 5.41) is 0. The third kappa shape index (κ3) is 2.68. The van der Waals surface area contributed by atoms with E-state index in [2.05, 4.69) is 0 Å². The molecule has 4 heteroatoms. The van der Waals surface area contributed by atoms with Crippen LogP contribution in [0, 0.1) is 17.5 Å². The third-order valence-corrected chi connectivity index (χ3v) is 1.94. The van der Waals surface area contributed by atoms with Gasteiger partial charge in [0, 0.05) is 0 Å². The Morgan fingerprint density at radius 2 is 1.60 bits per heavy atom. The van der Waals surface area contributed by atoms with Crippen LogP contribution in [0.5, 0.6) is 0 Å². The van der Waals surface area contributed by atoms with E-state index in [1.165, 1.54) is 19.9 Å². The normalized spacial score (nSPS) is 11.7. The molecule has 1 rings (SSSR count). The lowest BCUT2D eigenvalue weighted by molar-refractivity contribution is -0.113. The van der Waals surface area contributed by atoms with Crippen LogP contribution in [0.15, 0.2) is 17.7 Å². The molecule has 0 unspecified atom stereocenters. The molecule has 1 nitrogen and oxygen atoms in total. The van der Waals surface area contributed by atoms with E-state index in [0.717, 1.165) is 12.1 Å². The van der Waals surface area contributed by atoms with Crippen LogP contribution < -0.4 is 0 Å². The Bertz CT molecular complexity index is 412. The Balaban J connectivity index is 3.18. The van der Waals surface area contributed by atoms with Crippen molar-refractivity contribution >= 4 is 11.9 Å². The maximum Gasteiger partial charge on any atom is 0.194 e. The van der Waals surface area contributed by atoms with Crippen molar-refractivity contribution in [1.82, 2.24) is 0 Å². The first kappa shape index (κ1) is 11.5. The van der Waals surface area contributed by atoms with Crippen molar-refractivity contribution in [2.75, 3.05) is 0 Å². The fourth-order valence-corrected chi connectivity index (χ4v) is 1.01. The van der Waals surface area contributed by atoms with Crippen LogP contribution >= 0.6 is 0 Å². The molecule has 0 spiro atoms. The zero-order valence-corrected chi connectivity index (χ0v) is 8.27. The van der Waals surface area contributed by atoms with Crippen LogP contribution in [0.1, 0.15) is 19.4 Å². The number of Topliss-reactive ketones (excluding diaryl/α,β-unsaturated/α-hetero) is 1. The molecular weight excluding hydrogens is 205 g/mol. The molecule has 0 fully saturated rings. The van der Waals surface area contributed by atoms with E-state index in [1.807, 2.05) is 0 Å². The Morgan fingerprint density at radius 1 is 1.13 bits per heavy atom. The summed E-state index contributed by atoms with van der Waals surface area (Å²) >= 11 is 0. The SMILES string of the molecule is CC(=O)/C(C)=C/c1cc(F)c(F)c(F)c1. The first-order valence-electron chi connectivity index (χ1n) is 4.25. The van der Waals surface area contributed by atoms with Crippen molar-refractivity contribution in [3.63, 3.8) is 0 Å². The van der Waals surface area contributed by atoms with Crippen molar-refractivity contribution in [2.24, 2.45) is 0 Å². The number of benzene rings is 1. The number of hydrogen-bond donors (Lipinski definition) is 0. The molecule has 1 aromatic rings. The summed E-state index contributed by atoms with van der Waals surface area (Å²) in [4.78, 5) is 10.9. The average Bonchev–Trinajstić information content (AvgIpc) is 2.13. The number of rotatable bonds is 2. The summed E-state index contributed by atoms with van der Waals surface area (Å²) in [7, 11) is 0. The van der Waals surface area contributed by atoms with Crippen LogP contribution in [-0.2, 0) is 4.79 Å². The van der Waals surface area contributed by atoms with Gasteiger partial charge in [0.15, 0.2) is 23.2 Å². The van der Waals surface area contributed by atoms with Gasteiger partial charge >= 0.3 is 0 Å². The van der Waals surface area contributed by atoms with Gasteiger partial charge in [-0.3, -0.25) is 4.79 Å². The molecule has 0 saturated heterocycles. The van der Waals surface area contributed by atoms with Crippen LogP contribution in [0.4, 0.5) is 13.2 Å². The number of carbonyl (C=O) groups excluding carboxylic acids is 1. The van der Waals surface area contributed by atoms with Gasteiger partial charge in [0.2, 0.25) is 0 Å². The first-order valence-corrected chi connectivity index (χ1v) is 4.25. The monoisotopic (exact) mass is 214 g/mol. The van der Waals surface area contributed by atoms with Crippen molar-refractivity contribution in [1.29, 1.82) is 0 Å². The van der Waals surface area contributed by atoms with Crippen LogP contribution in [-0.4, -0.2) is 5.78 Å². The highest BCUT2D eigenvalue weighted by Crippen LogP contribution is 2.16. The lowest BCUT2D eigenvalue weighted by Crippen LogP contribution is -1.94. The van der Waals surface area contributed by atoms with E-state index in [1.54, 1.807) is 0 Å². The highest BCUT2D eigenvalue weighted by Gasteiger charge is 2.09. The zero-order valence-electron chi connectivity index (χ0n) is 8.27. The molecule has 0 aliphatic rings.